The topological polar surface area (TPSA) is 71.7 Å². The van der Waals surface area contributed by atoms with Crippen LogP contribution in [0.25, 0.3) is 20.9 Å². The number of fused-ring (bicyclic) bond motifs is 1. The number of thiazole rings is 1. The maximum atomic E-state index is 9.10. The molecule has 7 heteroatoms. The average Bonchev–Trinajstić information content (AvgIpc) is 2.91. The minimum Gasteiger partial charge on any atom is -0.479 e. The van der Waals surface area contributed by atoms with Gasteiger partial charge in [0.1, 0.15) is 17.4 Å². The Labute approximate surface area is 132 Å². The predicted octanol–water partition coefficient (Wildman–Crippen LogP) is 3.24. The molecule has 0 fully saturated rings. The van der Waals surface area contributed by atoms with E-state index in [0.717, 1.165) is 19.0 Å². The van der Waals surface area contributed by atoms with Crippen LogP contribution in [-0.4, -0.2) is 22.1 Å². The van der Waals surface area contributed by atoms with Crippen LogP contribution < -0.4 is 4.74 Å². The van der Waals surface area contributed by atoms with E-state index in [0.29, 0.717) is 17.0 Å². The van der Waals surface area contributed by atoms with Crippen LogP contribution in [0, 0.1) is 14.9 Å². The van der Waals surface area contributed by atoms with Crippen molar-refractivity contribution in [2.45, 2.75) is 0 Å². The zero-order valence-electron chi connectivity index (χ0n) is 10.3. The summed E-state index contributed by atoms with van der Waals surface area (Å²) in [6, 6.07) is 7.86. The van der Waals surface area contributed by atoms with Gasteiger partial charge in [0.2, 0.25) is 5.88 Å². The van der Waals surface area contributed by atoms with Gasteiger partial charge in [-0.2, -0.15) is 10.2 Å². The summed E-state index contributed by atoms with van der Waals surface area (Å²) in [5.74, 6) is 0.462. The quantitative estimate of drug-likeness (QED) is 0.625. The van der Waals surface area contributed by atoms with E-state index in [9.17, 15) is 0 Å². The molecule has 0 atom stereocenters. The summed E-state index contributed by atoms with van der Waals surface area (Å²) in [5, 5.41) is 9.90. The molecule has 0 N–H and O–H groups in total. The maximum Gasteiger partial charge on any atom is 0.244 e. The standard InChI is InChI=1S/C13H7IN4OS/c1-19-11-10-13(17-6-16-11)20-12(18-10)7-2-3-9(14)8(4-7)5-15/h2-4,6H,1H3. The minimum absolute atomic E-state index is 0.462. The minimum atomic E-state index is 0.462. The largest absolute Gasteiger partial charge is 0.479 e. The Balaban J connectivity index is 2.18. The highest BCUT2D eigenvalue weighted by molar-refractivity contribution is 14.1. The zero-order chi connectivity index (χ0) is 14.1. The van der Waals surface area contributed by atoms with Gasteiger partial charge in [-0.1, -0.05) is 17.4 Å². The first kappa shape index (κ1) is 13.2. The van der Waals surface area contributed by atoms with Crippen molar-refractivity contribution in [3.05, 3.63) is 33.7 Å². The van der Waals surface area contributed by atoms with Gasteiger partial charge in [-0.05, 0) is 34.7 Å². The highest BCUT2D eigenvalue weighted by Gasteiger charge is 2.13. The molecule has 0 saturated heterocycles. The molecule has 0 aliphatic heterocycles. The monoisotopic (exact) mass is 394 g/mol. The van der Waals surface area contributed by atoms with Crippen molar-refractivity contribution >= 4 is 44.3 Å². The molecule has 3 rings (SSSR count). The fourth-order valence-corrected chi connectivity index (χ4v) is 3.10. The summed E-state index contributed by atoms with van der Waals surface area (Å²) < 4.78 is 6.10. The van der Waals surface area contributed by atoms with Crippen molar-refractivity contribution in [2.24, 2.45) is 0 Å². The highest BCUT2D eigenvalue weighted by Crippen LogP contribution is 2.33. The van der Waals surface area contributed by atoms with Gasteiger partial charge in [0.15, 0.2) is 10.3 Å². The maximum absolute atomic E-state index is 9.10. The average molecular weight is 394 g/mol. The van der Waals surface area contributed by atoms with Gasteiger partial charge in [0.05, 0.1) is 12.7 Å². The molecule has 1 aromatic carbocycles. The van der Waals surface area contributed by atoms with E-state index in [1.165, 1.54) is 17.7 Å². The van der Waals surface area contributed by atoms with Gasteiger partial charge in [0, 0.05) is 9.13 Å². The number of hydrogen-bond donors (Lipinski definition) is 0. The van der Waals surface area contributed by atoms with Gasteiger partial charge < -0.3 is 4.74 Å². The van der Waals surface area contributed by atoms with Crippen molar-refractivity contribution in [1.29, 1.82) is 5.26 Å². The summed E-state index contributed by atoms with van der Waals surface area (Å²) in [4.78, 5) is 13.5. The van der Waals surface area contributed by atoms with E-state index in [-0.39, 0.29) is 0 Å². The van der Waals surface area contributed by atoms with E-state index < -0.39 is 0 Å². The van der Waals surface area contributed by atoms with Crippen LogP contribution >= 0.6 is 33.9 Å². The van der Waals surface area contributed by atoms with Crippen LogP contribution in [0.3, 0.4) is 0 Å². The van der Waals surface area contributed by atoms with Crippen molar-refractivity contribution in [2.75, 3.05) is 7.11 Å². The third-order valence-electron chi connectivity index (χ3n) is 2.69. The first-order valence-corrected chi connectivity index (χ1v) is 7.48. The fourth-order valence-electron chi connectivity index (χ4n) is 1.75. The smallest absolute Gasteiger partial charge is 0.244 e. The molecular weight excluding hydrogens is 387 g/mol. The first-order chi connectivity index (χ1) is 9.72. The Bertz CT molecular complexity index is 840. The number of ether oxygens (including phenoxy) is 1. The van der Waals surface area contributed by atoms with Gasteiger partial charge in [0.25, 0.3) is 0 Å². The Morgan fingerprint density at radius 3 is 2.95 bits per heavy atom. The van der Waals surface area contributed by atoms with Crippen molar-refractivity contribution in [3.63, 3.8) is 0 Å². The molecule has 0 aliphatic rings. The molecule has 98 valence electrons. The molecule has 3 aromatic rings. The number of hydrogen-bond acceptors (Lipinski definition) is 6. The van der Waals surface area contributed by atoms with Gasteiger partial charge in [-0.15, -0.1) is 0 Å². The highest BCUT2D eigenvalue weighted by atomic mass is 127. The summed E-state index contributed by atoms with van der Waals surface area (Å²) in [6.07, 6.45) is 1.46. The van der Waals surface area contributed by atoms with Crippen LogP contribution in [0.1, 0.15) is 5.56 Å². The molecule has 0 unspecified atom stereocenters. The van der Waals surface area contributed by atoms with E-state index in [2.05, 4.69) is 43.6 Å². The molecule has 0 bridgehead atoms. The lowest BCUT2D eigenvalue weighted by Gasteiger charge is -1.99. The molecule has 0 amide bonds. The summed E-state index contributed by atoms with van der Waals surface area (Å²) >= 11 is 3.59. The fraction of sp³-hybridized carbons (Fsp3) is 0.0769. The molecule has 0 saturated carbocycles. The molecule has 0 aliphatic carbocycles. The number of nitriles is 1. The van der Waals surface area contributed by atoms with Crippen LogP contribution in [0.15, 0.2) is 24.5 Å². The molecule has 0 radical (unpaired) electrons. The lowest BCUT2D eigenvalue weighted by Crippen LogP contribution is -1.89. The SMILES string of the molecule is COc1ncnc2sc(-c3ccc(I)c(C#N)c3)nc12. The van der Waals surface area contributed by atoms with Crippen molar-refractivity contribution in [3.8, 4) is 22.5 Å². The Hall–Kier alpha value is -1.79. The lowest BCUT2D eigenvalue weighted by atomic mass is 10.1. The molecular formula is C13H7IN4OS. The zero-order valence-corrected chi connectivity index (χ0v) is 13.3. The second-order valence-electron chi connectivity index (χ2n) is 3.86. The Morgan fingerprint density at radius 1 is 1.35 bits per heavy atom. The number of methoxy groups -OCH3 is 1. The van der Waals surface area contributed by atoms with E-state index in [1.54, 1.807) is 7.11 Å². The van der Waals surface area contributed by atoms with Crippen molar-refractivity contribution in [1.82, 2.24) is 15.0 Å². The normalized spacial score (nSPS) is 10.4. The number of halogens is 1. The van der Waals surface area contributed by atoms with Gasteiger partial charge in [-0.3, -0.25) is 0 Å². The molecule has 2 heterocycles. The first-order valence-electron chi connectivity index (χ1n) is 5.58. The van der Waals surface area contributed by atoms with E-state index in [1.807, 2.05) is 18.2 Å². The second-order valence-corrected chi connectivity index (χ2v) is 6.00. The van der Waals surface area contributed by atoms with Crippen LogP contribution in [0.2, 0.25) is 0 Å². The Kier molecular flexibility index (Phi) is 3.50. The number of aromatic nitrogens is 3. The van der Waals surface area contributed by atoms with E-state index >= 15 is 0 Å². The third-order valence-corrected chi connectivity index (χ3v) is 4.64. The summed E-state index contributed by atoms with van der Waals surface area (Å²) in [6.45, 7) is 0. The molecule has 5 nitrogen and oxygen atoms in total. The van der Waals surface area contributed by atoms with Crippen LogP contribution in [-0.2, 0) is 0 Å². The number of benzene rings is 1. The van der Waals surface area contributed by atoms with Gasteiger partial charge >= 0.3 is 0 Å². The van der Waals surface area contributed by atoms with E-state index in [4.69, 9.17) is 10.00 Å². The van der Waals surface area contributed by atoms with Crippen LogP contribution in [0.4, 0.5) is 0 Å². The molecule has 0 spiro atoms. The van der Waals surface area contributed by atoms with Crippen molar-refractivity contribution < 1.29 is 4.74 Å². The number of rotatable bonds is 2. The molecule has 2 aromatic heterocycles. The number of nitrogens with zero attached hydrogens (tertiary/aromatic N) is 4. The molecule has 20 heavy (non-hydrogen) atoms. The van der Waals surface area contributed by atoms with Crippen LogP contribution in [0.5, 0.6) is 5.88 Å². The summed E-state index contributed by atoms with van der Waals surface area (Å²) in [5.41, 5.74) is 2.18. The third kappa shape index (κ3) is 2.21. The predicted molar refractivity (Wildman–Crippen MR) is 84.6 cm³/mol. The Morgan fingerprint density at radius 2 is 2.20 bits per heavy atom. The lowest BCUT2D eigenvalue weighted by molar-refractivity contribution is 0.402. The second kappa shape index (κ2) is 5.30. The summed E-state index contributed by atoms with van der Waals surface area (Å²) in [7, 11) is 1.56. The van der Waals surface area contributed by atoms with Gasteiger partial charge in [-0.25, -0.2) is 9.97 Å².